The maximum absolute atomic E-state index is 13.2. The summed E-state index contributed by atoms with van der Waals surface area (Å²) in [6.07, 6.45) is -4.56. The van der Waals surface area contributed by atoms with Gasteiger partial charge in [-0.15, -0.1) is 16.4 Å². The minimum Gasteiger partial charge on any atom is -0.347 e. The van der Waals surface area contributed by atoms with Gasteiger partial charge in [0.2, 0.25) is 0 Å². The number of aromatic nitrogens is 3. The van der Waals surface area contributed by atoms with Crippen molar-refractivity contribution in [1.82, 2.24) is 20.3 Å². The molecule has 3 rings (SSSR count). The lowest BCUT2D eigenvalue weighted by Crippen LogP contribution is -2.41. The molecule has 2 aromatic heterocycles. The van der Waals surface area contributed by atoms with Gasteiger partial charge in [0.25, 0.3) is 5.91 Å². The fraction of sp³-hybridized carbons (Fsp3) is 0.278. The SMILES string of the molecule is Cn1nnc(Cl)c1-c1cc(C(=O)NC(CN)Cc2ccccc2C(F)(F)F)sc1Cl. The second kappa shape index (κ2) is 8.93. The summed E-state index contributed by atoms with van der Waals surface area (Å²) < 4.78 is 41.4. The van der Waals surface area contributed by atoms with Crippen molar-refractivity contribution < 1.29 is 18.0 Å². The van der Waals surface area contributed by atoms with Crippen molar-refractivity contribution in [1.29, 1.82) is 0 Å². The number of benzene rings is 1. The summed E-state index contributed by atoms with van der Waals surface area (Å²) in [6.45, 7) is -0.0403. The smallest absolute Gasteiger partial charge is 0.347 e. The highest BCUT2D eigenvalue weighted by Crippen LogP contribution is 2.38. The van der Waals surface area contributed by atoms with Crippen LogP contribution >= 0.6 is 34.5 Å². The minimum absolute atomic E-state index is 0.0403. The van der Waals surface area contributed by atoms with Crippen molar-refractivity contribution in [3.63, 3.8) is 0 Å². The third kappa shape index (κ3) is 4.77. The van der Waals surface area contributed by atoms with Gasteiger partial charge in [0, 0.05) is 25.2 Å². The fourth-order valence-corrected chi connectivity index (χ4v) is 4.39. The lowest BCUT2D eigenvalue weighted by molar-refractivity contribution is -0.138. The van der Waals surface area contributed by atoms with E-state index in [0.717, 1.165) is 17.4 Å². The number of carbonyl (C=O) groups is 1. The van der Waals surface area contributed by atoms with Crippen LogP contribution in [0.4, 0.5) is 13.2 Å². The maximum Gasteiger partial charge on any atom is 0.416 e. The third-order valence-corrected chi connectivity index (χ3v) is 5.97. The molecule has 0 aliphatic heterocycles. The Morgan fingerprint density at radius 2 is 2.03 bits per heavy atom. The Hall–Kier alpha value is -2.14. The number of nitrogens with zero attached hydrogens (tertiary/aromatic N) is 3. The van der Waals surface area contributed by atoms with Gasteiger partial charge in [-0.3, -0.25) is 4.79 Å². The zero-order chi connectivity index (χ0) is 22.1. The number of amides is 1. The normalized spacial score (nSPS) is 12.8. The topological polar surface area (TPSA) is 85.8 Å². The largest absolute Gasteiger partial charge is 0.416 e. The van der Waals surface area contributed by atoms with E-state index < -0.39 is 23.7 Å². The van der Waals surface area contributed by atoms with Crippen LogP contribution in [0, 0.1) is 0 Å². The highest BCUT2D eigenvalue weighted by Gasteiger charge is 2.33. The predicted molar refractivity (Wildman–Crippen MR) is 110 cm³/mol. The Balaban J connectivity index is 1.80. The number of alkyl halides is 3. The molecule has 160 valence electrons. The minimum atomic E-state index is -4.49. The number of hydrogen-bond donors (Lipinski definition) is 2. The summed E-state index contributed by atoms with van der Waals surface area (Å²) in [4.78, 5) is 12.9. The summed E-state index contributed by atoms with van der Waals surface area (Å²) in [7, 11) is 1.63. The standard InChI is InChI=1S/C18H16Cl2F3N5OS/c1-28-14(15(19)26-27-28)11-7-13(30-16(11)20)17(29)25-10(8-24)6-9-4-2-3-5-12(9)18(21,22)23/h2-5,7,10H,6,8,24H2,1H3,(H,25,29). The molecule has 12 heteroatoms. The number of nitrogens with two attached hydrogens (primary N) is 1. The summed E-state index contributed by atoms with van der Waals surface area (Å²) in [6, 6.07) is 6.03. The maximum atomic E-state index is 13.2. The lowest BCUT2D eigenvalue weighted by atomic mass is 9.99. The number of thiophene rings is 1. The van der Waals surface area contributed by atoms with E-state index in [0.29, 0.717) is 15.6 Å². The van der Waals surface area contributed by atoms with Gasteiger partial charge in [-0.1, -0.05) is 46.6 Å². The Bertz CT molecular complexity index is 1050. The molecule has 0 fully saturated rings. The zero-order valence-electron chi connectivity index (χ0n) is 15.5. The number of halogens is 5. The van der Waals surface area contributed by atoms with Crippen LogP contribution in [-0.2, 0) is 19.6 Å². The highest BCUT2D eigenvalue weighted by atomic mass is 35.5. The van der Waals surface area contributed by atoms with Crippen LogP contribution in [0.3, 0.4) is 0 Å². The van der Waals surface area contributed by atoms with Gasteiger partial charge in [-0.05, 0) is 24.1 Å². The van der Waals surface area contributed by atoms with Crippen LogP contribution in [0.5, 0.6) is 0 Å². The van der Waals surface area contributed by atoms with E-state index in [1.807, 2.05) is 0 Å². The van der Waals surface area contributed by atoms with Crippen LogP contribution in [0.25, 0.3) is 11.3 Å². The van der Waals surface area contributed by atoms with Gasteiger partial charge < -0.3 is 11.1 Å². The van der Waals surface area contributed by atoms with Gasteiger partial charge >= 0.3 is 6.18 Å². The fourth-order valence-electron chi connectivity index (χ4n) is 2.95. The number of nitrogens with one attached hydrogen (secondary N) is 1. The van der Waals surface area contributed by atoms with E-state index in [1.54, 1.807) is 7.05 Å². The Kier molecular flexibility index (Phi) is 6.71. The van der Waals surface area contributed by atoms with Crippen LogP contribution in [-0.4, -0.2) is 33.5 Å². The second-order valence-electron chi connectivity index (χ2n) is 6.42. The van der Waals surface area contributed by atoms with Gasteiger partial charge in [0.1, 0.15) is 10.0 Å². The molecule has 2 heterocycles. The number of carbonyl (C=O) groups excluding carboxylic acids is 1. The van der Waals surface area contributed by atoms with Crippen molar-refractivity contribution >= 4 is 40.4 Å². The first kappa shape index (κ1) is 22.5. The molecule has 0 saturated carbocycles. The average Bonchev–Trinajstić information content (AvgIpc) is 3.22. The second-order valence-corrected chi connectivity index (χ2v) is 8.43. The predicted octanol–water partition coefficient (Wildman–Crippen LogP) is 4.17. The number of aryl methyl sites for hydroxylation is 1. The molecule has 1 aromatic carbocycles. The monoisotopic (exact) mass is 477 g/mol. The van der Waals surface area contributed by atoms with Gasteiger partial charge in [0.15, 0.2) is 5.15 Å². The molecule has 0 aliphatic rings. The van der Waals surface area contributed by atoms with Crippen LogP contribution in [0.15, 0.2) is 30.3 Å². The third-order valence-electron chi connectivity index (χ3n) is 4.36. The average molecular weight is 478 g/mol. The first-order valence-electron chi connectivity index (χ1n) is 8.62. The molecular weight excluding hydrogens is 462 g/mol. The lowest BCUT2D eigenvalue weighted by Gasteiger charge is -2.19. The van der Waals surface area contributed by atoms with Crippen molar-refractivity contribution in [3.8, 4) is 11.3 Å². The van der Waals surface area contributed by atoms with Crippen LogP contribution < -0.4 is 11.1 Å². The summed E-state index contributed by atoms with van der Waals surface area (Å²) in [5.74, 6) is -0.501. The van der Waals surface area contributed by atoms with E-state index in [2.05, 4.69) is 15.6 Å². The zero-order valence-corrected chi connectivity index (χ0v) is 17.8. The number of hydrogen-bond acceptors (Lipinski definition) is 5. The van der Waals surface area contributed by atoms with Crippen LogP contribution in [0.2, 0.25) is 9.49 Å². The molecule has 0 bridgehead atoms. The highest BCUT2D eigenvalue weighted by molar-refractivity contribution is 7.18. The van der Waals surface area contributed by atoms with E-state index in [4.69, 9.17) is 28.9 Å². The molecule has 6 nitrogen and oxygen atoms in total. The Morgan fingerprint density at radius 1 is 1.33 bits per heavy atom. The molecule has 0 radical (unpaired) electrons. The van der Waals surface area contributed by atoms with E-state index in [-0.39, 0.29) is 28.6 Å². The van der Waals surface area contributed by atoms with Gasteiger partial charge in [-0.2, -0.15) is 13.2 Å². The summed E-state index contributed by atoms with van der Waals surface area (Å²) >= 11 is 13.3. The quantitative estimate of drug-likeness (QED) is 0.557. The van der Waals surface area contributed by atoms with Gasteiger partial charge in [0.05, 0.1) is 10.4 Å². The molecule has 3 N–H and O–H groups in total. The molecule has 3 aromatic rings. The first-order valence-corrected chi connectivity index (χ1v) is 10.2. The summed E-state index contributed by atoms with van der Waals surface area (Å²) in [5.41, 5.74) is 5.94. The van der Waals surface area contributed by atoms with E-state index in [1.165, 1.54) is 28.9 Å². The molecule has 0 saturated heterocycles. The first-order chi connectivity index (χ1) is 14.1. The van der Waals surface area contributed by atoms with Gasteiger partial charge in [-0.25, -0.2) is 4.68 Å². The van der Waals surface area contributed by atoms with E-state index >= 15 is 0 Å². The van der Waals surface area contributed by atoms with Crippen molar-refractivity contribution in [2.45, 2.75) is 18.6 Å². The Labute approximate surface area is 183 Å². The van der Waals surface area contributed by atoms with Crippen LogP contribution in [0.1, 0.15) is 20.8 Å². The molecule has 0 spiro atoms. The van der Waals surface area contributed by atoms with Crippen molar-refractivity contribution in [2.75, 3.05) is 6.54 Å². The van der Waals surface area contributed by atoms with Crippen molar-refractivity contribution in [2.24, 2.45) is 12.8 Å². The molecule has 30 heavy (non-hydrogen) atoms. The van der Waals surface area contributed by atoms with Crippen molar-refractivity contribution in [3.05, 3.63) is 55.8 Å². The molecule has 0 aliphatic carbocycles. The molecule has 1 atom stereocenters. The molecule has 1 unspecified atom stereocenters. The number of rotatable bonds is 6. The molecule has 1 amide bonds. The Morgan fingerprint density at radius 3 is 2.63 bits per heavy atom. The molecular formula is C18H16Cl2F3N5OS. The van der Waals surface area contributed by atoms with E-state index in [9.17, 15) is 18.0 Å². The summed E-state index contributed by atoms with van der Waals surface area (Å²) in [5, 5.41) is 10.3.